The summed E-state index contributed by atoms with van der Waals surface area (Å²) in [5.74, 6) is 0.877. The Kier molecular flexibility index (Phi) is 10.4. The lowest BCUT2D eigenvalue weighted by atomic mass is 9.82. The minimum Gasteiger partial charge on any atom is -0.374 e. The first kappa shape index (κ1) is 19.0. The molecule has 0 aromatic carbocycles. The average molecular weight is 298 g/mol. The molecule has 0 heterocycles. The van der Waals surface area contributed by atoms with Gasteiger partial charge in [0.1, 0.15) is 0 Å². The summed E-state index contributed by atoms with van der Waals surface area (Å²) in [7, 11) is 0. The van der Waals surface area contributed by atoms with E-state index in [2.05, 4.69) is 33.0 Å². The molecule has 126 valence electrons. The van der Waals surface area contributed by atoms with Crippen LogP contribution >= 0.6 is 0 Å². The van der Waals surface area contributed by atoms with Gasteiger partial charge in [0.25, 0.3) is 0 Å². The zero-order valence-corrected chi connectivity index (χ0v) is 15.0. The molecule has 1 N–H and O–H groups in total. The summed E-state index contributed by atoms with van der Waals surface area (Å²) in [4.78, 5) is 0. The van der Waals surface area contributed by atoms with E-state index in [0.29, 0.717) is 18.2 Å². The lowest BCUT2D eigenvalue weighted by Gasteiger charge is -2.38. The van der Waals surface area contributed by atoms with Gasteiger partial charge in [-0.2, -0.15) is 0 Å². The van der Waals surface area contributed by atoms with Crippen molar-refractivity contribution in [3.8, 4) is 0 Å². The van der Waals surface area contributed by atoms with Gasteiger partial charge in [-0.3, -0.25) is 0 Å². The second kappa shape index (κ2) is 11.5. The van der Waals surface area contributed by atoms with Gasteiger partial charge >= 0.3 is 0 Å². The molecule has 4 unspecified atom stereocenters. The Bertz CT molecular complexity index is 244. The molecule has 2 heteroatoms. The van der Waals surface area contributed by atoms with Crippen molar-refractivity contribution in [1.82, 2.24) is 5.32 Å². The van der Waals surface area contributed by atoms with Gasteiger partial charge in [0, 0.05) is 6.04 Å². The van der Waals surface area contributed by atoms with Crippen LogP contribution in [0.5, 0.6) is 0 Å². The van der Waals surface area contributed by atoms with Crippen molar-refractivity contribution in [2.24, 2.45) is 5.92 Å². The molecule has 1 aliphatic rings. The van der Waals surface area contributed by atoms with Crippen molar-refractivity contribution < 1.29 is 4.74 Å². The average Bonchev–Trinajstić information content (AvgIpc) is 2.50. The molecule has 1 aliphatic carbocycles. The third kappa shape index (κ3) is 7.65. The van der Waals surface area contributed by atoms with Gasteiger partial charge in [-0.1, -0.05) is 52.9 Å². The van der Waals surface area contributed by atoms with Crippen molar-refractivity contribution in [2.75, 3.05) is 6.54 Å². The van der Waals surface area contributed by atoms with E-state index in [4.69, 9.17) is 4.74 Å². The third-order valence-electron chi connectivity index (χ3n) is 5.01. The fourth-order valence-electron chi connectivity index (χ4n) is 3.52. The topological polar surface area (TPSA) is 21.3 Å². The maximum Gasteiger partial charge on any atom is 0.0734 e. The van der Waals surface area contributed by atoms with Gasteiger partial charge in [0.05, 0.1) is 12.2 Å². The number of hydrogen-bond donors (Lipinski definition) is 1. The maximum atomic E-state index is 6.45. The Morgan fingerprint density at radius 3 is 2.52 bits per heavy atom. The predicted molar refractivity (Wildman–Crippen MR) is 92.8 cm³/mol. The fourth-order valence-corrected chi connectivity index (χ4v) is 3.52. The van der Waals surface area contributed by atoms with Crippen LogP contribution in [0.4, 0.5) is 0 Å². The van der Waals surface area contributed by atoms with Gasteiger partial charge in [0.15, 0.2) is 0 Å². The predicted octanol–water partition coefficient (Wildman–Crippen LogP) is 5.31. The van der Waals surface area contributed by atoms with Crippen LogP contribution in [-0.2, 0) is 4.74 Å². The number of rotatable bonds is 11. The van der Waals surface area contributed by atoms with Gasteiger partial charge in [-0.25, -0.2) is 0 Å². The second-order valence-electron chi connectivity index (χ2n) is 6.98. The van der Waals surface area contributed by atoms with E-state index in [-0.39, 0.29) is 0 Å². The first-order valence-electron chi connectivity index (χ1n) is 9.60. The van der Waals surface area contributed by atoms with Crippen molar-refractivity contribution in [1.29, 1.82) is 0 Å². The van der Waals surface area contributed by atoms with Gasteiger partial charge in [0.2, 0.25) is 0 Å². The highest BCUT2D eigenvalue weighted by Gasteiger charge is 2.31. The lowest BCUT2D eigenvalue weighted by Crippen LogP contribution is -2.47. The molecule has 4 atom stereocenters. The van der Waals surface area contributed by atoms with E-state index in [9.17, 15) is 0 Å². The fraction of sp³-hybridized carbons (Fsp3) is 1.00. The summed E-state index contributed by atoms with van der Waals surface area (Å²) < 4.78 is 6.45. The molecule has 0 aromatic heterocycles. The summed E-state index contributed by atoms with van der Waals surface area (Å²) in [6.07, 6.45) is 13.9. The smallest absolute Gasteiger partial charge is 0.0734 e. The molecule has 0 aliphatic heterocycles. The highest BCUT2D eigenvalue weighted by atomic mass is 16.5. The minimum atomic E-state index is 0.424. The summed E-state index contributed by atoms with van der Waals surface area (Å²) in [6, 6.07) is 0.589. The molecule has 0 saturated heterocycles. The Hall–Kier alpha value is -0.0800. The largest absolute Gasteiger partial charge is 0.374 e. The summed E-state index contributed by atoms with van der Waals surface area (Å²) in [6.45, 7) is 10.3. The van der Waals surface area contributed by atoms with E-state index >= 15 is 0 Å². The molecule has 0 amide bonds. The van der Waals surface area contributed by atoms with Crippen molar-refractivity contribution in [2.45, 2.75) is 110 Å². The van der Waals surface area contributed by atoms with Gasteiger partial charge in [-0.15, -0.1) is 0 Å². The van der Waals surface area contributed by atoms with Crippen LogP contribution in [0, 0.1) is 5.92 Å². The highest BCUT2D eigenvalue weighted by molar-refractivity contribution is 4.86. The van der Waals surface area contributed by atoms with Crippen LogP contribution in [0.15, 0.2) is 0 Å². The molecule has 2 nitrogen and oxygen atoms in total. The first-order valence-corrected chi connectivity index (χ1v) is 9.60. The molecule has 21 heavy (non-hydrogen) atoms. The van der Waals surface area contributed by atoms with Gasteiger partial charge in [-0.05, 0) is 51.5 Å². The SMILES string of the molecule is CCCCCCC(C)OC1CC(CC)CCC1NCCC. The quantitative estimate of drug-likeness (QED) is 0.522. The van der Waals surface area contributed by atoms with Crippen molar-refractivity contribution in [3.63, 3.8) is 0 Å². The Morgan fingerprint density at radius 1 is 1.05 bits per heavy atom. The Labute approximate surface area is 133 Å². The Balaban J connectivity index is 2.37. The van der Waals surface area contributed by atoms with Crippen LogP contribution in [-0.4, -0.2) is 24.8 Å². The molecular weight excluding hydrogens is 258 g/mol. The van der Waals surface area contributed by atoms with Crippen LogP contribution in [0.3, 0.4) is 0 Å². The number of nitrogens with one attached hydrogen (secondary N) is 1. The van der Waals surface area contributed by atoms with E-state index in [1.54, 1.807) is 0 Å². The molecule has 1 fully saturated rings. The van der Waals surface area contributed by atoms with E-state index < -0.39 is 0 Å². The zero-order valence-electron chi connectivity index (χ0n) is 15.0. The molecule has 0 radical (unpaired) electrons. The zero-order chi connectivity index (χ0) is 15.5. The van der Waals surface area contributed by atoms with Crippen molar-refractivity contribution >= 4 is 0 Å². The monoisotopic (exact) mass is 297 g/mol. The third-order valence-corrected chi connectivity index (χ3v) is 5.01. The van der Waals surface area contributed by atoms with Crippen molar-refractivity contribution in [3.05, 3.63) is 0 Å². The molecule has 1 rings (SSSR count). The lowest BCUT2D eigenvalue weighted by molar-refractivity contribution is -0.0538. The van der Waals surface area contributed by atoms with Crippen LogP contribution in [0.1, 0.15) is 91.9 Å². The minimum absolute atomic E-state index is 0.424. The van der Waals surface area contributed by atoms with Crippen LogP contribution in [0.2, 0.25) is 0 Å². The summed E-state index contributed by atoms with van der Waals surface area (Å²) in [5.41, 5.74) is 0. The molecular formula is C19H39NO. The van der Waals surface area contributed by atoms with E-state index in [0.717, 1.165) is 12.5 Å². The molecule has 0 bridgehead atoms. The van der Waals surface area contributed by atoms with E-state index in [1.165, 1.54) is 64.2 Å². The molecule has 0 spiro atoms. The highest BCUT2D eigenvalue weighted by Crippen LogP contribution is 2.30. The number of ether oxygens (including phenoxy) is 1. The number of unbranched alkanes of at least 4 members (excludes halogenated alkanes) is 3. The van der Waals surface area contributed by atoms with E-state index in [1.807, 2.05) is 0 Å². The normalized spacial score (nSPS) is 27.7. The maximum absolute atomic E-state index is 6.45. The molecule has 1 saturated carbocycles. The Morgan fingerprint density at radius 2 is 1.86 bits per heavy atom. The standard InChI is InChI=1S/C19H39NO/c1-5-8-9-10-11-16(4)21-19-15-17(7-3)12-13-18(19)20-14-6-2/h16-20H,5-15H2,1-4H3. The van der Waals surface area contributed by atoms with Gasteiger partial charge < -0.3 is 10.1 Å². The first-order chi connectivity index (χ1) is 10.2. The summed E-state index contributed by atoms with van der Waals surface area (Å²) >= 11 is 0. The summed E-state index contributed by atoms with van der Waals surface area (Å²) in [5, 5.41) is 3.72. The second-order valence-corrected chi connectivity index (χ2v) is 6.98. The molecule has 0 aromatic rings. The number of hydrogen-bond acceptors (Lipinski definition) is 2. The van der Waals surface area contributed by atoms with Crippen LogP contribution < -0.4 is 5.32 Å². The van der Waals surface area contributed by atoms with Crippen LogP contribution in [0.25, 0.3) is 0 Å².